The monoisotopic (exact) mass is 337 g/mol. The fourth-order valence-electron chi connectivity index (χ4n) is 3.25. The molecular weight excluding hydrogens is 318 g/mol. The lowest BCUT2D eigenvalue weighted by Crippen LogP contribution is -2.28. The van der Waals surface area contributed by atoms with E-state index in [0.29, 0.717) is 13.0 Å². The Morgan fingerprint density at radius 1 is 1.21 bits per heavy atom. The van der Waals surface area contributed by atoms with Crippen LogP contribution in [0.25, 0.3) is 10.1 Å². The van der Waals surface area contributed by atoms with E-state index in [4.69, 9.17) is 0 Å². The van der Waals surface area contributed by atoms with Crippen molar-refractivity contribution in [2.24, 2.45) is 0 Å². The minimum absolute atomic E-state index is 0.0255. The summed E-state index contributed by atoms with van der Waals surface area (Å²) in [5.74, 6) is 0.0255. The van der Waals surface area contributed by atoms with Gasteiger partial charge in [0.05, 0.1) is 16.8 Å². The van der Waals surface area contributed by atoms with Gasteiger partial charge < -0.3 is 10.6 Å². The van der Waals surface area contributed by atoms with Crippen LogP contribution in [0, 0.1) is 0 Å². The lowest BCUT2D eigenvalue weighted by Gasteiger charge is -2.20. The second kappa shape index (κ2) is 6.71. The average molecular weight is 337 g/mol. The van der Waals surface area contributed by atoms with Gasteiger partial charge in [0.1, 0.15) is 0 Å². The Bertz CT molecular complexity index is 887. The van der Waals surface area contributed by atoms with Gasteiger partial charge >= 0.3 is 0 Å². The van der Waals surface area contributed by atoms with E-state index in [-0.39, 0.29) is 5.91 Å². The van der Waals surface area contributed by atoms with Crippen LogP contribution >= 0.6 is 11.5 Å². The number of fused-ring (bicyclic) bond motifs is 2. The van der Waals surface area contributed by atoms with Crippen molar-refractivity contribution in [2.75, 3.05) is 6.54 Å². The van der Waals surface area contributed by atoms with E-state index in [1.165, 1.54) is 28.2 Å². The van der Waals surface area contributed by atoms with Gasteiger partial charge in [-0.1, -0.05) is 36.4 Å². The predicted octanol–water partition coefficient (Wildman–Crippen LogP) is 2.80. The molecule has 1 aliphatic heterocycles. The van der Waals surface area contributed by atoms with Crippen LogP contribution in [-0.4, -0.2) is 16.8 Å². The van der Waals surface area contributed by atoms with Gasteiger partial charge in [0, 0.05) is 18.5 Å². The van der Waals surface area contributed by atoms with Crippen molar-refractivity contribution in [3.05, 3.63) is 64.8 Å². The zero-order valence-corrected chi connectivity index (χ0v) is 14.2. The van der Waals surface area contributed by atoms with Gasteiger partial charge in [-0.3, -0.25) is 4.79 Å². The van der Waals surface area contributed by atoms with Crippen molar-refractivity contribution < 1.29 is 4.79 Å². The van der Waals surface area contributed by atoms with Crippen LogP contribution in [0.1, 0.15) is 22.4 Å². The summed E-state index contributed by atoms with van der Waals surface area (Å²) in [6.07, 6.45) is 1.36. The molecule has 0 radical (unpaired) electrons. The molecule has 3 aromatic rings. The molecule has 0 spiro atoms. The molecule has 0 unspecified atom stereocenters. The van der Waals surface area contributed by atoms with E-state index < -0.39 is 0 Å². The van der Waals surface area contributed by atoms with Gasteiger partial charge in [0.15, 0.2) is 0 Å². The van der Waals surface area contributed by atoms with E-state index >= 15 is 0 Å². The SMILES string of the molecule is O=C(Cc1nsc2ccccc12)NCc1cccc2c1CCNC2. The first-order chi connectivity index (χ1) is 11.8. The number of nitrogens with one attached hydrogen (secondary N) is 2. The number of carbonyl (C=O) groups excluding carboxylic acids is 1. The summed E-state index contributed by atoms with van der Waals surface area (Å²) < 4.78 is 5.56. The number of benzene rings is 2. The summed E-state index contributed by atoms with van der Waals surface area (Å²) in [5, 5.41) is 7.53. The first-order valence-corrected chi connectivity index (χ1v) is 8.99. The molecule has 4 nitrogen and oxygen atoms in total. The average Bonchev–Trinajstić information content (AvgIpc) is 3.03. The molecule has 0 saturated heterocycles. The third-order valence-electron chi connectivity index (χ3n) is 4.49. The summed E-state index contributed by atoms with van der Waals surface area (Å²) in [7, 11) is 0. The summed E-state index contributed by atoms with van der Waals surface area (Å²) in [6.45, 7) is 2.51. The molecule has 122 valence electrons. The molecule has 2 heterocycles. The Hall–Kier alpha value is -2.24. The van der Waals surface area contributed by atoms with Crippen LogP contribution in [0.4, 0.5) is 0 Å². The van der Waals surface area contributed by atoms with E-state index in [1.54, 1.807) is 0 Å². The van der Waals surface area contributed by atoms with Gasteiger partial charge in [0.25, 0.3) is 0 Å². The van der Waals surface area contributed by atoms with E-state index in [0.717, 1.165) is 35.3 Å². The third kappa shape index (κ3) is 3.05. The Balaban J connectivity index is 1.44. The molecule has 1 aromatic heterocycles. The molecule has 0 saturated carbocycles. The van der Waals surface area contributed by atoms with Crippen molar-refractivity contribution in [2.45, 2.75) is 25.9 Å². The summed E-state index contributed by atoms with van der Waals surface area (Å²) in [5.41, 5.74) is 4.83. The van der Waals surface area contributed by atoms with Gasteiger partial charge in [-0.2, -0.15) is 4.37 Å². The number of hydrogen-bond donors (Lipinski definition) is 2. The summed E-state index contributed by atoms with van der Waals surface area (Å²) in [4.78, 5) is 12.3. The first kappa shape index (κ1) is 15.3. The lowest BCUT2D eigenvalue weighted by atomic mass is 9.95. The van der Waals surface area contributed by atoms with E-state index in [2.05, 4.69) is 33.2 Å². The van der Waals surface area contributed by atoms with Crippen molar-refractivity contribution in [1.29, 1.82) is 0 Å². The van der Waals surface area contributed by atoms with E-state index in [9.17, 15) is 4.79 Å². The smallest absolute Gasteiger partial charge is 0.226 e. The molecule has 0 bridgehead atoms. The zero-order chi connectivity index (χ0) is 16.4. The normalized spacial score (nSPS) is 13.7. The molecule has 1 aliphatic rings. The van der Waals surface area contributed by atoms with Gasteiger partial charge in [-0.05, 0) is 47.3 Å². The maximum Gasteiger partial charge on any atom is 0.226 e. The van der Waals surface area contributed by atoms with Gasteiger partial charge in [-0.15, -0.1) is 0 Å². The van der Waals surface area contributed by atoms with Crippen molar-refractivity contribution in [3.8, 4) is 0 Å². The maximum atomic E-state index is 12.3. The number of hydrogen-bond acceptors (Lipinski definition) is 4. The van der Waals surface area contributed by atoms with Crippen LogP contribution < -0.4 is 10.6 Å². The molecule has 0 atom stereocenters. The topological polar surface area (TPSA) is 54.0 Å². The maximum absolute atomic E-state index is 12.3. The standard InChI is InChI=1S/C19H19N3OS/c23-19(10-17-16-6-1-2-7-18(16)24-22-17)21-12-14-5-3-4-13-11-20-9-8-15(13)14/h1-7,20H,8-12H2,(H,21,23). The molecule has 4 rings (SSSR count). The highest BCUT2D eigenvalue weighted by Crippen LogP contribution is 2.22. The van der Waals surface area contributed by atoms with Gasteiger partial charge in [0.2, 0.25) is 5.91 Å². The minimum atomic E-state index is 0.0255. The Labute approximate surface area is 145 Å². The van der Waals surface area contributed by atoms with E-state index in [1.807, 2.05) is 24.3 Å². The molecular formula is C19H19N3OS. The number of aromatic nitrogens is 1. The highest BCUT2D eigenvalue weighted by Gasteiger charge is 2.14. The Morgan fingerprint density at radius 3 is 3.08 bits per heavy atom. The largest absolute Gasteiger partial charge is 0.352 e. The number of amides is 1. The molecule has 0 aliphatic carbocycles. The van der Waals surface area contributed by atoms with Crippen molar-refractivity contribution >= 4 is 27.5 Å². The second-order valence-corrected chi connectivity index (χ2v) is 6.87. The van der Waals surface area contributed by atoms with Gasteiger partial charge in [-0.25, -0.2) is 0 Å². The highest BCUT2D eigenvalue weighted by molar-refractivity contribution is 7.13. The van der Waals surface area contributed by atoms with Crippen LogP contribution in [0.15, 0.2) is 42.5 Å². The predicted molar refractivity (Wildman–Crippen MR) is 97.0 cm³/mol. The Morgan fingerprint density at radius 2 is 2.12 bits per heavy atom. The number of carbonyl (C=O) groups is 1. The second-order valence-electron chi connectivity index (χ2n) is 6.06. The third-order valence-corrected chi connectivity index (χ3v) is 5.36. The van der Waals surface area contributed by atoms with Crippen LogP contribution in [-0.2, 0) is 30.7 Å². The first-order valence-electron chi connectivity index (χ1n) is 8.21. The molecule has 1 amide bonds. The quantitative estimate of drug-likeness (QED) is 0.770. The van der Waals surface area contributed by atoms with Crippen LogP contribution in [0.2, 0.25) is 0 Å². The zero-order valence-electron chi connectivity index (χ0n) is 13.3. The molecule has 5 heteroatoms. The fourth-order valence-corrected chi connectivity index (χ4v) is 4.05. The molecule has 2 N–H and O–H groups in total. The Kier molecular flexibility index (Phi) is 4.28. The van der Waals surface area contributed by atoms with Crippen molar-refractivity contribution in [3.63, 3.8) is 0 Å². The van der Waals surface area contributed by atoms with Crippen LogP contribution in [0.5, 0.6) is 0 Å². The van der Waals surface area contributed by atoms with Crippen molar-refractivity contribution in [1.82, 2.24) is 15.0 Å². The lowest BCUT2D eigenvalue weighted by molar-refractivity contribution is -0.120. The fraction of sp³-hybridized carbons (Fsp3) is 0.263. The number of nitrogens with zero attached hydrogens (tertiary/aromatic N) is 1. The summed E-state index contributed by atoms with van der Waals surface area (Å²) in [6, 6.07) is 14.4. The molecule has 2 aromatic carbocycles. The summed E-state index contributed by atoms with van der Waals surface area (Å²) >= 11 is 1.45. The highest BCUT2D eigenvalue weighted by atomic mass is 32.1. The number of rotatable bonds is 4. The minimum Gasteiger partial charge on any atom is -0.352 e. The van der Waals surface area contributed by atoms with Crippen LogP contribution in [0.3, 0.4) is 0 Å². The molecule has 0 fully saturated rings. The molecule has 24 heavy (non-hydrogen) atoms.